The third-order valence-electron chi connectivity index (χ3n) is 3.68. The zero-order valence-corrected chi connectivity index (χ0v) is 12.5. The number of hydrogen-bond donors (Lipinski definition) is 1. The molecule has 0 unspecified atom stereocenters. The van der Waals surface area contributed by atoms with E-state index < -0.39 is 11.5 Å². The molecule has 1 N–H and O–H groups in total. The molecule has 0 aliphatic rings. The van der Waals surface area contributed by atoms with E-state index in [1.54, 1.807) is 12.2 Å². The van der Waals surface area contributed by atoms with Gasteiger partial charge in [0.2, 0.25) is 0 Å². The minimum absolute atomic E-state index is 0.0898. The van der Waals surface area contributed by atoms with Gasteiger partial charge in [0.05, 0.1) is 6.10 Å². The first-order valence-electron chi connectivity index (χ1n) is 6.54. The highest BCUT2D eigenvalue weighted by atomic mass is 16.3. The van der Waals surface area contributed by atoms with Crippen LogP contribution in [-0.2, 0) is 4.79 Å². The van der Waals surface area contributed by atoms with Crippen LogP contribution in [0.25, 0.3) is 0 Å². The highest BCUT2D eigenvalue weighted by molar-refractivity contribution is 5.86. The standard InChI is InChI=1S/C16H28O2/c1-8-10-15(4,5)13(17)12(3)14(18)16(6,7)11-9-2/h8-9,12-13,17H,1-2,10-11H2,3-7H3/t12-,13-/m1/s1. The van der Waals surface area contributed by atoms with E-state index in [0.29, 0.717) is 12.8 Å². The van der Waals surface area contributed by atoms with E-state index in [-0.39, 0.29) is 17.1 Å². The molecule has 0 bridgehead atoms. The molecule has 0 radical (unpaired) electrons. The summed E-state index contributed by atoms with van der Waals surface area (Å²) < 4.78 is 0. The van der Waals surface area contributed by atoms with Gasteiger partial charge in [-0.25, -0.2) is 0 Å². The van der Waals surface area contributed by atoms with Gasteiger partial charge in [0, 0.05) is 11.3 Å². The van der Waals surface area contributed by atoms with Gasteiger partial charge in [-0.15, -0.1) is 13.2 Å². The molecule has 2 nitrogen and oxygen atoms in total. The summed E-state index contributed by atoms with van der Waals surface area (Å²) in [7, 11) is 0. The normalized spacial score (nSPS) is 15.9. The van der Waals surface area contributed by atoms with Gasteiger partial charge in [-0.05, 0) is 18.3 Å². The van der Waals surface area contributed by atoms with Crippen molar-refractivity contribution < 1.29 is 9.90 Å². The van der Waals surface area contributed by atoms with E-state index in [2.05, 4.69) is 13.2 Å². The largest absolute Gasteiger partial charge is 0.392 e. The van der Waals surface area contributed by atoms with Crippen LogP contribution in [0.4, 0.5) is 0 Å². The number of aliphatic hydroxyl groups excluding tert-OH is 1. The first-order chi connectivity index (χ1) is 8.10. The number of carbonyl (C=O) groups excluding carboxylic acids is 1. The Labute approximate surface area is 112 Å². The zero-order valence-electron chi connectivity index (χ0n) is 12.5. The first-order valence-corrected chi connectivity index (χ1v) is 6.54. The average Bonchev–Trinajstić information content (AvgIpc) is 2.25. The van der Waals surface area contributed by atoms with E-state index >= 15 is 0 Å². The second-order valence-electron chi connectivity index (χ2n) is 6.46. The maximum absolute atomic E-state index is 12.4. The Hall–Kier alpha value is -0.890. The fourth-order valence-corrected chi connectivity index (χ4v) is 2.39. The Morgan fingerprint density at radius 3 is 2.00 bits per heavy atom. The van der Waals surface area contributed by atoms with Gasteiger partial charge in [0.1, 0.15) is 5.78 Å². The number of aliphatic hydroxyl groups is 1. The minimum atomic E-state index is -0.660. The number of allylic oxidation sites excluding steroid dienone is 2. The Kier molecular flexibility index (Phi) is 6.01. The summed E-state index contributed by atoms with van der Waals surface area (Å²) in [6, 6.07) is 0. The molecule has 2 atom stereocenters. The maximum atomic E-state index is 12.4. The Morgan fingerprint density at radius 2 is 1.61 bits per heavy atom. The smallest absolute Gasteiger partial charge is 0.144 e. The van der Waals surface area contributed by atoms with Gasteiger partial charge >= 0.3 is 0 Å². The van der Waals surface area contributed by atoms with E-state index in [9.17, 15) is 9.90 Å². The van der Waals surface area contributed by atoms with Crippen LogP contribution < -0.4 is 0 Å². The lowest BCUT2D eigenvalue weighted by Gasteiger charge is -2.36. The lowest BCUT2D eigenvalue weighted by atomic mass is 9.71. The van der Waals surface area contributed by atoms with Crippen molar-refractivity contribution in [3.8, 4) is 0 Å². The summed E-state index contributed by atoms with van der Waals surface area (Å²) >= 11 is 0. The predicted octanol–water partition coefficient (Wildman–Crippen LogP) is 3.76. The van der Waals surface area contributed by atoms with Crippen LogP contribution in [0.15, 0.2) is 25.3 Å². The molecular weight excluding hydrogens is 224 g/mol. The van der Waals surface area contributed by atoms with Gasteiger partial charge in [-0.3, -0.25) is 4.79 Å². The molecular formula is C16H28O2. The Bertz CT molecular complexity index is 313. The number of ketones is 1. The van der Waals surface area contributed by atoms with Crippen molar-refractivity contribution in [3.05, 3.63) is 25.3 Å². The van der Waals surface area contributed by atoms with Crippen LogP contribution in [0.5, 0.6) is 0 Å². The summed E-state index contributed by atoms with van der Waals surface area (Å²) in [5, 5.41) is 10.4. The molecule has 0 aromatic carbocycles. The molecule has 0 aliphatic heterocycles. The SMILES string of the molecule is C=CCC(C)(C)C(=O)[C@H](C)[C@@H](O)C(C)(C)CC=C. The molecule has 0 aromatic heterocycles. The molecule has 0 aliphatic carbocycles. The van der Waals surface area contributed by atoms with Crippen LogP contribution in [0, 0.1) is 16.7 Å². The van der Waals surface area contributed by atoms with Crippen LogP contribution in [0.3, 0.4) is 0 Å². The van der Waals surface area contributed by atoms with E-state index in [4.69, 9.17) is 0 Å². The minimum Gasteiger partial charge on any atom is -0.392 e. The molecule has 0 saturated heterocycles. The summed E-state index contributed by atoms with van der Waals surface area (Å²) in [6.07, 6.45) is 4.20. The molecule has 0 saturated carbocycles. The van der Waals surface area contributed by atoms with Crippen LogP contribution in [-0.4, -0.2) is 17.0 Å². The summed E-state index contributed by atoms with van der Waals surface area (Å²) in [5.74, 6) is -0.290. The first kappa shape index (κ1) is 17.1. The van der Waals surface area contributed by atoms with Gasteiger partial charge in [0.15, 0.2) is 0 Å². The van der Waals surface area contributed by atoms with Crippen LogP contribution in [0.2, 0.25) is 0 Å². The third kappa shape index (κ3) is 4.09. The maximum Gasteiger partial charge on any atom is 0.144 e. The molecule has 104 valence electrons. The van der Waals surface area contributed by atoms with E-state index in [1.807, 2.05) is 34.6 Å². The molecule has 18 heavy (non-hydrogen) atoms. The van der Waals surface area contributed by atoms with Crippen molar-refractivity contribution in [3.63, 3.8) is 0 Å². The van der Waals surface area contributed by atoms with Gasteiger partial charge in [0.25, 0.3) is 0 Å². The molecule has 0 rings (SSSR count). The number of carbonyl (C=O) groups is 1. The number of hydrogen-bond acceptors (Lipinski definition) is 2. The topological polar surface area (TPSA) is 37.3 Å². The quantitative estimate of drug-likeness (QED) is 0.668. The molecule has 0 spiro atoms. The van der Waals surface area contributed by atoms with Crippen molar-refractivity contribution in [1.82, 2.24) is 0 Å². The van der Waals surface area contributed by atoms with Gasteiger partial charge in [-0.1, -0.05) is 46.8 Å². The molecule has 0 fully saturated rings. The fraction of sp³-hybridized carbons (Fsp3) is 0.688. The molecule has 0 aromatic rings. The highest BCUT2D eigenvalue weighted by Crippen LogP contribution is 2.35. The van der Waals surface area contributed by atoms with Crippen molar-refractivity contribution >= 4 is 5.78 Å². The van der Waals surface area contributed by atoms with E-state index in [0.717, 1.165) is 0 Å². The monoisotopic (exact) mass is 252 g/mol. The van der Waals surface area contributed by atoms with Crippen LogP contribution >= 0.6 is 0 Å². The van der Waals surface area contributed by atoms with Crippen molar-refractivity contribution in [2.75, 3.05) is 0 Å². The predicted molar refractivity (Wildman–Crippen MR) is 77.4 cm³/mol. The van der Waals surface area contributed by atoms with Crippen molar-refractivity contribution in [2.45, 2.75) is 53.6 Å². The summed E-state index contributed by atoms with van der Waals surface area (Å²) in [5.41, 5.74) is -0.798. The zero-order chi connectivity index (χ0) is 14.6. The summed E-state index contributed by atoms with van der Waals surface area (Å²) in [6.45, 7) is 16.9. The van der Waals surface area contributed by atoms with Crippen LogP contribution in [0.1, 0.15) is 47.5 Å². The fourth-order valence-electron chi connectivity index (χ4n) is 2.39. The Morgan fingerprint density at radius 1 is 1.17 bits per heavy atom. The van der Waals surface area contributed by atoms with Crippen molar-refractivity contribution in [1.29, 1.82) is 0 Å². The second kappa shape index (κ2) is 6.33. The molecule has 0 amide bonds. The number of rotatable bonds is 8. The van der Waals surface area contributed by atoms with Crippen molar-refractivity contribution in [2.24, 2.45) is 16.7 Å². The third-order valence-corrected chi connectivity index (χ3v) is 3.68. The van der Waals surface area contributed by atoms with Gasteiger partial charge in [-0.2, -0.15) is 0 Å². The van der Waals surface area contributed by atoms with Gasteiger partial charge < -0.3 is 5.11 Å². The summed E-state index contributed by atoms with van der Waals surface area (Å²) in [4.78, 5) is 12.4. The van der Waals surface area contributed by atoms with E-state index in [1.165, 1.54) is 0 Å². The molecule has 2 heteroatoms. The lowest BCUT2D eigenvalue weighted by molar-refractivity contribution is -0.137. The Balaban J connectivity index is 4.94. The average molecular weight is 252 g/mol. The number of Topliss-reactive ketones (excluding diaryl/α,β-unsaturated/α-hetero) is 1. The highest BCUT2D eigenvalue weighted by Gasteiger charge is 2.39. The molecule has 0 heterocycles. The second-order valence-corrected chi connectivity index (χ2v) is 6.46. The lowest BCUT2D eigenvalue weighted by Crippen LogP contribution is -2.42.